The Hall–Kier alpha value is -2.74. The summed E-state index contributed by atoms with van der Waals surface area (Å²) in [6.07, 6.45) is 0. The fourth-order valence-corrected chi connectivity index (χ4v) is 3.11. The summed E-state index contributed by atoms with van der Waals surface area (Å²) in [7, 11) is 0. The molecule has 0 saturated carbocycles. The van der Waals surface area contributed by atoms with Crippen LogP contribution in [0.15, 0.2) is 40.8 Å². The minimum Gasteiger partial charge on any atom is -0.453 e. The monoisotopic (exact) mass is 359 g/mol. The van der Waals surface area contributed by atoms with Gasteiger partial charge in [0.15, 0.2) is 5.76 Å². The number of hydrogen-bond acceptors (Lipinski definition) is 5. The summed E-state index contributed by atoms with van der Waals surface area (Å²) in [5, 5.41) is 11.2. The molecule has 1 fully saturated rings. The van der Waals surface area contributed by atoms with Gasteiger partial charge in [0.1, 0.15) is 10.7 Å². The Labute approximate surface area is 150 Å². The number of carbonyl (C=O) groups excluding carboxylic acids is 1. The summed E-state index contributed by atoms with van der Waals surface area (Å²) in [6, 6.07) is 9.85. The summed E-state index contributed by atoms with van der Waals surface area (Å²) >= 11 is 5.49. The molecular formula is C17H17N3O4S. The molecule has 0 bridgehead atoms. The second-order valence-electron chi connectivity index (χ2n) is 5.74. The number of furan rings is 1. The van der Waals surface area contributed by atoms with E-state index >= 15 is 0 Å². The smallest absolute Gasteiger partial charge is 0.280 e. The zero-order valence-corrected chi connectivity index (χ0v) is 14.5. The maximum absolute atomic E-state index is 11.4. The van der Waals surface area contributed by atoms with Crippen LogP contribution in [-0.4, -0.2) is 51.8 Å². The molecule has 0 unspecified atom stereocenters. The second kappa shape index (κ2) is 7.02. The highest BCUT2D eigenvalue weighted by Crippen LogP contribution is 2.31. The number of rotatable bonds is 3. The lowest BCUT2D eigenvalue weighted by Gasteiger charge is -2.35. The van der Waals surface area contributed by atoms with Crippen molar-refractivity contribution in [2.45, 2.75) is 6.92 Å². The van der Waals surface area contributed by atoms with E-state index in [1.54, 1.807) is 42.2 Å². The molecule has 2 heterocycles. The minimum atomic E-state index is -0.434. The number of amides is 1. The van der Waals surface area contributed by atoms with Crippen molar-refractivity contribution >= 4 is 28.8 Å². The minimum absolute atomic E-state index is 0.00982. The molecule has 25 heavy (non-hydrogen) atoms. The molecule has 3 rings (SSSR count). The number of thiocarbonyl (C=S) groups is 1. The standard InChI is InChI=1S/C17H17N3O4S/c1-12(21)18-8-10-19(11-9-18)17(25)16-7-6-15(24-16)13-4-2-3-5-14(13)20(22)23/h2-7H,8-11H2,1H3. The molecule has 0 N–H and O–H groups in total. The van der Waals surface area contributed by atoms with Gasteiger partial charge in [-0.2, -0.15) is 0 Å². The number of piperazine rings is 1. The zero-order valence-electron chi connectivity index (χ0n) is 13.7. The number of carbonyl (C=O) groups is 1. The van der Waals surface area contributed by atoms with Crippen molar-refractivity contribution in [3.8, 4) is 11.3 Å². The molecule has 1 aliphatic heterocycles. The van der Waals surface area contributed by atoms with E-state index in [2.05, 4.69) is 0 Å². The number of hydrogen-bond donors (Lipinski definition) is 0. The molecule has 1 aromatic heterocycles. The zero-order chi connectivity index (χ0) is 18.0. The van der Waals surface area contributed by atoms with Gasteiger partial charge >= 0.3 is 0 Å². The van der Waals surface area contributed by atoms with E-state index in [-0.39, 0.29) is 11.6 Å². The average Bonchev–Trinajstić information content (AvgIpc) is 3.11. The van der Waals surface area contributed by atoms with E-state index in [0.29, 0.717) is 48.3 Å². The summed E-state index contributed by atoms with van der Waals surface area (Å²) in [6.45, 7) is 4.07. The van der Waals surface area contributed by atoms with Gasteiger partial charge in [-0.05, 0) is 18.2 Å². The van der Waals surface area contributed by atoms with Gasteiger partial charge in [-0.15, -0.1) is 0 Å². The Morgan fingerprint density at radius 3 is 2.40 bits per heavy atom. The van der Waals surface area contributed by atoms with E-state index in [1.807, 2.05) is 4.90 Å². The predicted molar refractivity (Wildman–Crippen MR) is 96.3 cm³/mol. The number of benzene rings is 1. The first kappa shape index (κ1) is 17.1. The van der Waals surface area contributed by atoms with Crippen LogP contribution in [-0.2, 0) is 4.79 Å². The van der Waals surface area contributed by atoms with Crippen molar-refractivity contribution in [3.05, 3.63) is 52.3 Å². The molecule has 1 aliphatic rings. The van der Waals surface area contributed by atoms with Crippen LogP contribution in [0.25, 0.3) is 11.3 Å². The van der Waals surface area contributed by atoms with E-state index in [4.69, 9.17) is 16.6 Å². The lowest BCUT2D eigenvalue weighted by Crippen LogP contribution is -2.49. The predicted octanol–water partition coefficient (Wildman–Crippen LogP) is 2.69. The molecule has 1 aromatic carbocycles. The summed E-state index contributed by atoms with van der Waals surface area (Å²) < 4.78 is 5.78. The molecule has 1 saturated heterocycles. The van der Waals surface area contributed by atoms with Crippen LogP contribution in [0.2, 0.25) is 0 Å². The molecule has 0 spiro atoms. The van der Waals surface area contributed by atoms with Crippen LogP contribution in [0.3, 0.4) is 0 Å². The topological polar surface area (TPSA) is 79.8 Å². The van der Waals surface area contributed by atoms with Crippen LogP contribution in [0.1, 0.15) is 12.7 Å². The van der Waals surface area contributed by atoms with Gasteiger partial charge in [-0.1, -0.05) is 24.4 Å². The molecule has 2 aromatic rings. The van der Waals surface area contributed by atoms with Gasteiger partial charge < -0.3 is 14.2 Å². The second-order valence-corrected chi connectivity index (χ2v) is 6.12. The van der Waals surface area contributed by atoms with Crippen molar-refractivity contribution in [1.29, 1.82) is 0 Å². The highest BCUT2D eigenvalue weighted by Gasteiger charge is 2.24. The van der Waals surface area contributed by atoms with Crippen LogP contribution in [0.5, 0.6) is 0 Å². The van der Waals surface area contributed by atoms with Crippen molar-refractivity contribution in [2.24, 2.45) is 0 Å². The number of nitro benzene ring substituents is 1. The fourth-order valence-electron chi connectivity index (χ4n) is 2.82. The van der Waals surface area contributed by atoms with Crippen LogP contribution >= 0.6 is 12.2 Å². The summed E-state index contributed by atoms with van der Waals surface area (Å²) in [4.78, 5) is 26.4. The molecule has 0 atom stereocenters. The van der Waals surface area contributed by atoms with Crippen molar-refractivity contribution in [1.82, 2.24) is 9.80 Å². The average molecular weight is 359 g/mol. The molecule has 0 radical (unpaired) electrons. The van der Waals surface area contributed by atoms with Gasteiger partial charge in [0, 0.05) is 39.2 Å². The highest BCUT2D eigenvalue weighted by atomic mass is 32.1. The SMILES string of the molecule is CC(=O)N1CCN(C(=S)c2ccc(-c3ccccc3[N+](=O)[O-])o2)CC1. The molecule has 0 aliphatic carbocycles. The Kier molecular flexibility index (Phi) is 4.80. The number of nitrogens with zero attached hydrogens (tertiary/aromatic N) is 3. The Morgan fingerprint density at radius 1 is 1.12 bits per heavy atom. The normalized spacial score (nSPS) is 14.4. The van der Waals surface area contributed by atoms with Crippen LogP contribution < -0.4 is 0 Å². The summed E-state index contributed by atoms with van der Waals surface area (Å²) in [5.41, 5.74) is 0.410. The highest BCUT2D eigenvalue weighted by molar-refractivity contribution is 7.80. The van der Waals surface area contributed by atoms with Gasteiger partial charge in [0.2, 0.25) is 5.91 Å². The van der Waals surface area contributed by atoms with Crippen molar-refractivity contribution in [2.75, 3.05) is 26.2 Å². The van der Waals surface area contributed by atoms with E-state index in [0.717, 1.165) is 0 Å². The van der Waals surface area contributed by atoms with E-state index in [9.17, 15) is 14.9 Å². The molecular weight excluding hydrogens is 342 g/mol. The molecule has 8 heteroatoms. The maximum atomic E-state index is 11.4. The Balaban J connectivity index is 1.77. The molecule has 130 valence electrons. The van der Waals surface area contributed by atoms with E-state index < -0.39 is 4.92 Å². The van der Waals surface area contributed by atoms with Gasteiger partial charge in [0.25, 0.3) is 5.69 Å². The van der Waals surface area contributed by atoms with Gasteiger partial charge in [-0.3, -0.25) is 14.9 Å². The lowest BCUT2D eigenvalue weighted by molar-refractivity contribution is -0.384. The summed E-state index contributed by atoms with van der Waals surface area (Å²) in [5.74, 6) is 0.966. The lowest BCUT2D eigenvalue weighted by atomic mass is 10.1. The van der Waals surface area contributed by atoms with Crippen molar-refractivity contribution < 1.29 is 14.1 Å². The first-order valence-corrected chi connectivity index (χ1v) is 8.26. The maximum Gasteiger partial charge on any atom is 0.280 e. The van der Waals surface area contributed by atoms with Gasteiger partial charge in [0.05, 0.1) is 10.5 Å². The van der Waals surface area contributed by atoms with E-state index in [1.165, 1.54) is 6.07 Å². The van der Waals surface area contributed by atoms with Crippen LogP contribution in [0, 0.1) is 10.1 Å². The fraction of sp³-hybridized carbons (Fsp3) is 0.294. The number of nitro groups is 1. The number of para-hydroxylation sites is 1. The molecule has 1 amide bonds. The molecule has 7 nitrogen and oxygen atoms in total. The third-order valence-corrected chi connectivity index (χ3v) is 4.65. The first-order valence-electron chi connectivity index (χ1n) is 7.86. The van der Waals surface area contributed by atoms with Crippen LogP contribution in [0.4, 0.5) is 5.69 Å². The Morgan fingerprint density at radius 2 is 1.76 bits per heavy atom. The first-order chi connectivity index (χ1) is 12.0. The van der Waals surface area contributed by atoms with Gasteiger partial charge in [-0.25, -0.2) is 0 Å². The van der Waals surface area contributed by atoms with Crippen molar-refractivity contribution in [3.63, 3.8) is 0 Å². The third-order valence-electron chi connectivity index (χ3n) is 4.20. The largest absolute Gasteiger partial charge is 0.453 e. The third kappa shape index (κ3) is 3.53. The Bertz CT molecular complexity index is 825. The quantitative estimate of drug-likeness (QED) is 0.476.